The summed E-state index contributed by atoms with van der Waals surface area (Å²) in [5.41, 5.74) is 2.90. The van der Waals surface area contributed by atoms with Crippen LogP contribution in [0.3, 0.4) is 0 Å². The molecular weight excluding hydrogens is 376 g/mol. The highest BCUT2D eigenvalue weighted by molar-refractivity contribution is 6.01. The molecule has 0 N–H and O–H groups in total. The fourth-order valence-electron chi connectivity index (χ4n) is 4.12. The maximum absolute atomic E-state index is 13.3. The molecule has 2 unspecified atom stereocenters. The summed E-state index contributed by atoms with van der Waals surface area (Å²) in [5, 5.41) is 13.2. The molecule has 30 heavy (non-hydrogen) atoms. The number of benzene rings is 3. The number of ketones is 1. The number of para-hydroxylation sites is 1. The van der Waals surface area contributed by atoms with Crippen molar-refractivity contribution in [1.29, 1.82) is 0 Å². The summed E-state index contributed by atoms with van der Waals surface area (Å²) in [5.74, 6) is -1.19. The smallest absolute Gasteiger partial charge is 0.285 e. The lowest BCUT2D eigenvalue weighted by molar-refractivity contribution is -0.507. The van der Waals surface area contributed by atoms with E-state index in [4.69, 9.17) is 0 Å². The number of aryl methyl sites for hydroxylation is 1. The van der Waals surface area contributed by atoms with E-state index < -0.39 is 22.7 Å². The van der Waals surface area contributed by atoms with Crippen LogP contribution in [0.4, 0.5) is 0 Å². The molecule has 0 amide bonds. The third kappa shape index (κ3) is 3.50. The standard InChI is InChI=1S/C25H22N2O3/c1-2-26-17-21(20-15-9-10-16-22(20)26)23(18-11-5-3-6-12-18)24(27(29)30)25(28)19-13-7-4-8-14-19/h3-17,23-24H,2H2,1H3. The van der Waals surface area contributed by atoms with Crippen LogP contribution in [0.1, 0.15) is 34.3 Å². The first-order valence-electron chi connectivity index (χ1n) is 9.97. The number of fused-ring (bicyclic) bond motifs is 1. The molecule has 0 saturated heterocycles. The molecule has 0 fully saturated rings. The van der Waals surface area contributed by atoms with Gasteiger partial charge in [-0.2, -0.15) is 0 Å². The molecule has 2 atom stereocenters. The largest absolute Gasteiger partial charge is 0.347 e. The van der Waals surface area contributed by atoms with Crippen molar-refractivity contribution >= 4 is 16.7 Å². The number of carbonyl (C=O) groups excluding carboxylic acids is 1. The molecule has 4 rings (SSSR count). The molecule has 0 spiro atoms. The maximum Gasteiger partial charge on any atom is 0.285 e. The Labute approximate surface area is 174 Å². The number of hydrogen-bond acceptors (Lipinski definition) is 3. The van der Waals surface area contributed by atoms with Crippen molar-refractivity contribution < 1.29 is 9.72 Å². The van der Waals surface area contributed by atoms with Gasteiger partial charge >= 0.3 is 0 Å². The van der Waals surface area contributed by atoms with Crippen molar-refractivity contribution in [3.05, 3.63) is 118 Å². The summed E-state index contributed by atoms with van der Waals surface area (Å²) >= 11 is 0. The van der Waals surface area contributed by atoms with Crippen LogP contribution in [0.2, 0.25) is 0 Å². The minimum Gasteiger partial charge on any atom is -0.347 e. The van der Waals surface area contributed by atoms with E-state index in [1.807, 2.05) is 67.7 Å². The summed E-state index contributed by atoms with van der Waals surface area (Å²) in [7, 11) is 0. The summed E-state index contributed by atoms with van der Waals surface area (Å²) in [4.78, 5) is 25.2. The second kappa shape index (κ2) is 8.33. The highest BCUT2D eigenvalue weighted by Crippen LogP contribution is 2.37. The van der Waals surface area contributed by atoms with Crippen LogP contribution >= 0.6 is 0 Å². The zero-order valence-corrected chi connectivity index (χ0v) is 16.6. The summed E-state index contributed by atoms with van der Waals surface area (Å²) in [6.07, 6.45) is 1.96. The Hall–Kier alpha value is -3.73. The Kier molecular flexibility index (Phi) is 5.44. The first kappa shape index (κ1) is 19.6. The molecule has 0 aliphatic rings. The van der Waals surface area contributed by atoms with E-state index in [-0.39, 0.29) is 0 Å². The van der Waals surface area contributed by atoms with Crippen LogP contribution in [-0.4, -0.2) is 21.3 Å². The average Bonchev–Trinajstić information content (AvgIpc) is 3.16. The van der Waals surface area contributed by atoms with E-state index in [0.29, 0.717) is 5.56 Å². The molecule has 5 nitrogen and oxygen atoms in total. The van der Waals surface area contributed by atoms with Gasteiger partial charge in [0.25, 0.3) is 6.04 Å². The SMILES string of the molecule is CCn1cc(C(c2ccccc2)C(C(=O)c2ccccc2)[N+](=O)[O-])c2ccccc21. The molecule has 0 aliphatic heterocycles. The highest BCUT2D eigenvalue weighted by atomic mass is 16.6. The minimum atomic E-state index is -1.43. The Morgan fingerprint density at radius 3 is 2.17 bits per heavy atom. The predicted octanol–water partition coefficient (Wildman–Crippen LogP) is 5.32. The third-order valence-corrected chi connectivity index (χ3v) is 5.52. The number of rotatable bonds is 7. The molecule has 0 bridgehead atoms. The number of aromatic nitrogens is 1. The van der Waals surface area contributed by atoms with Crippen molar-refractivity contribution in [3.8, 4) is 0 Å². The second-order valence-electron chi connectivity index (χ2n) is 7.24. The Morgan fingerprint density at radius 2 is 1.53 bits per heavy atom. The first-order chi connectivity index (χ1) is 14.6. The molecule has 1 heterocycles. The maximum atomic E-state index is 13.3. The highest BCUT2D eigenvalue weighted by Gasteiger charge is 2.42. The Balaban J connectivity index is 1.95. The molecule has 0 aliphatic carbocycles. The van der Waals surface area contributed by atoms with E-state index >= 15 is 0 Å². The van der Waals surface area contributed by atoms with Crippen LogP contribution in [-0.2, 0) is 6.54 Å². The predicted molar refractivity (Wildman–Crippen MR) is 117 cm³/mol. The fourth-order valence-corrected chi connectivity index (χ4v) is 4.12. The van der Waals surface area contributed by atoms with Gasteiger partial charge < -0.3 is 4.57 Å². The second-order valence-corrected chi connectivity index (χ2v) is 7.24. The lowest BCUT2D eigenvalue weighted by atomic mass is 9.82. The van der Waals surface area contributed by atoms with Gasteiger partial charge in [-0.15, -0.1) is 0 Å². The Bertz CT molecular complexity index is 1180. The monoisotopic (exact) mass is 398 g/mol. The molecule has 0 saturated carbocycles. The summed E-state index contributed by atoms with van der Waals surface area (Å²) in [6, 6.07) is 24.2. The molecule has 4 aromatic rings. The van der Waals surface area contributed by atoms with Crippen molar-refractivity contribution in [1.82, 2.24) is 4.57 Å². The normalized spacial score (nSPS) is 13.1. The van der Waals surface area contributed by atoms with Crippen molar-refractivity contribution in [3.63, 3.8) is 0 Å². The van der Waals surface area contributed by atoms with Crippen LogP contribution < -0.4 is 0 Å². The van der Waals surface area contributed by atoms with Gasteiger partial charge in [0.05, 0.1) is 5.92 Å². The molecule has 1 aromatic heterocycles. The van der Waals surface area contributed by atoms with E-state index in [0.717, 1.165) is 28.6 Å². The van der Waals surface area contributed by atoms with E-state index in [1.54, 1.807) is 30.3 Å². The average molecular weight is 398 g/mol. The number of nitro groups is 1. The molecule has 5 heteroatoms. The minimum absolute atomic E-state index is 0.347. The van der Waals surface area contributed by atoms with Crippen molar-refractivity contribution in [2.45, 2.75) is 25.4 Å². The Morgan fingerprint density at radius 1 is 0.933 bits per heavy atom. The van der Waals surface area contributed by atoms with Gasteiger partial charge in [0.15, 0.2) is 0 Å². The van der Waals surface area contributed by atoms with Gasteiger partial charge in [0.1, 0.15) is 0 Å². The van der Waals surface area contributed by atoms with Crippen LogP contribution in [0, 0.1) is 10.1 Å². The molecule has 0 radical (unpaired) electrons. The first-order valence-corrected chi connectivity index (χ1v) is 9.97. The van der Waals surface area contributed by atoms with Crippen LogP contribution in [0.15, 0.2) is 91.1 Å². The third-order valence-electron chi connectivity index (χ3n) is 5.52. The van der Waals surface area contributed by atoms with E-state index in [2.05, 4.69) is 4.57 Å². The lowest BCUT2D eigenvalue weighted by Crippen LogP contribution is -2.36. The molecule has 150 valence electrons. The van der Waals surface area contributed by atoms with Gasteiger partial charge in [0.2, 0.25) is 5.78 Å². The number of carbonyl (C=O) groups is 1. The van der Waals surface area contributed by atoms with Crippen molar-refractivity contribution in [2.75, 3.05) is 0 Å². The summed E-state index contributed by atoms with van der Waals surface area (Å²) in [6.45, 7) is 2.77. The zero-order valence-electron chi connectivity index (χ0n) is 16.6. The van der Waals surface area contributed by atoms with Crippen LogP contribution in [0.25, 0.3) is 10.9 Å². The number of hydrogen-bond donors (Lipinski definition) is 0. The fraction of sp³-hybridized carbons (Fsp3) is 0.160. The quantitative estimate of drug-likeness (QED) is 0.240. The van der Waals surface area contributed by atoms with Gasteiger partial charge in [-0.25, -0.2) is 0 Å². The van der Waals surface area contributed by atoms with Gasteiger partial charge in [0, 0.05) is 34.1 Å². The van der Waals surface area contributed by atoms with E-state index in [9.17, 15) is 14.9 Å². The molecular formula is C25H22N2O3. The van der Waals surface area contributed by atoms with E-state index in [1.165, 1.54) is 0 Å². The lowest BCUT2D eigenvalue weighted by Gasteiger charge is -2.21. The topological polar surface area (TPSA) is 65.1 Å². The van der Waals surface area contributed by atoms with Gasteiger partial charge in [-0.1, -0.05) is 78.9 Å². The van der Waals surface area contributed by atoms with Gasteiger partial charge in [-0.3, -0.25) is 14.9 Å². The number of Topliss-reactive ketones (excluding diaryl/α,β-unsaturated/α-hetero) is 1. The van der Waals surface area contributed by atoms with Crippen molar-refractivity contribution in [2.24, 2.45) is 0 Å². The van der Waals surface area contributed by atoms with Gasteiger partial charge in [-0.05, 0) is 24.1 Å². The van der Waals surface area contributed by atoms with Crippen LogP contribution in [0.5, 0.6) is 0 Å². The molecule has 3 aromatic carbocycles. The number of nitrogens with zero attached hydrogens (tertiary/aromatic N) is 2. The summed E-state index contributed by atoms with van der Waals surface area (Å²) < 4.78 is 2.07. The zero-order chi connectivity index (χ0) is 21.1.